The molecule has 0 aliphatic heterocycles. The molecule has 5 nitrogen and oxygen atoms in total. The summed E-state index contributed by atoms with van der Waals surface area (Å²) in [6.07, 6.45) is 0. The molecule has 0 bridgehead atoms. The first kappa shape index (κ1) is 60.9. The van der Waals surface area contributed by atoms with Crippen molar-refractivity contribution in [3.05, 3.63) is 406 Å². The van der Waals surface area contributed by atoms with Crippen LogP contribution in [-0.4, -0.2) is 48.3 Å². The van der Waals surface area contributed by atoms with E-state index < -0.39 is 24.2 Å². The smallest absolute Gasteiger partial charge is 0.238 e. The van der Waals surface area contributed by atoms with Crippen molar-refractivity contribution in [3.8, 4) is 34.4 Å². The van der Waals surface area contributed by atoms with Gasteiger partial charge >= 0.3 is 0 Å². The lowest BCUT2D eigenvalue weighted by atomic mass is 10.1. The predicted molar refractivity (Wildman–Crippen MR) is 430 cm³/mol. The molecule has 15 aromatic carbocycles. The van der Waals surface area contributed by atoms with Gasteiger partial charge in [-0.25, -0.2) is 4.98 Å². The number of rotatable bonds is 16. The second-order valence-electron chi connectivity index (χ2n) is 26.1. The van der Waals surface area contributed by atoms with Gasteiger partial charge in [0, 0.05) is 38.4 Å². The number of aromatic nitrogens is 5. The van der Waals surface area contributed by atoms with Crippen LogP contribution in [0.4, 0.5) is 0 Å². The van der Waals surface area contributed by atoms with E-state index >= 15 is 0 Å². The molecule has 0 radical (unpaired) electrons. The Morgan fingerprint density at radius 2 is 0.495 bits per heavy atom. The first-order valence-electron chi connectivity index (χ1n) is 34.7. The van der Waals surface area contributed by atoms with Gasteiger partial charge in [0.2, 0.25) is 5.95 Å². The second kappa shape index (κ2) is 25.8. The zero-order valence-electron chi connectivity index (χ0n) is 55.4. The quantitative estimate of drug-likeness (QED) is 0.0715. The number of nitrogens with zero attached hydrogens (tertiary/aromatic N) is 5. The summed E-state index contributed by atoms with van der Waals surface area (Å²) in [6.45, 7) is 0. The minimum atomic E-state index is -3.03. The molecule has 18 rings (SSSR count). The van der Waals surface area contributed by atoms with E-state index in [0.717, 1.165) is 60.4 Å². The molecule has 0 aliphatic carbocycles. The van der Waals surface area contributed by atoms with Gasteiger partial charge in [0.05, 0.1) is 22.1 Å². The Hall–Kier alpha value is -12.4. The van der Waals surface area contributed by atoms with Crippen molar-refractivity contribution in [2.45, 2.75) is 0 Å². The van der Waals surface area contributed by atoms with Crippen LogP contribution in [0, 0.1) is 0 Å². The van der Waals surface area contributed by atoms with E-state index in [4.69, 9.17) is 15.0 Å². The maximum atomic E-state index is 5.87. The molecule has 0 fully saturated rings. The van der Waals surface area contributed by atoms with Crippen LogP contribution in [0.5, 0.6) is 0 Å². The molecule has 0 unspecified atom stereocenters. The standard InChI is InChI=1S/C93H67N5Si3/c1-10-38-71(39-11-1)99(72-40-12-2-13-41-72,73-42-14-3-15-43-73)80-56-32-35-68(65-80)91-94-92(69-36-33-57-81(66-69)100(74-44-16-4-17-45-74,75-46-18-5-19-47-75)76-48-20-6-21-49-76)96-93(95-91)98-86-61-30-28-59-83(86)84-63-64-88-89(90(84)98)85-60-29-31-62-87(85)97(88)70-37-34-58-82(67-70)101(77-50-22-7-23-51-77,78-52-24-8-25-53-78)79-54-26-9-27-55-79/h1-67H. The molecular formula is C93H67N5Si3. The Balaban J connectivity index is 0.914. The molecule has 0 aliphatic rings. The summed E-state index contributed by atoms with van der Waals surface area (Å²) < 4.78 is 4.83. The van der Waals surface area contributed by atoms with Gasteiger partial charge in [-0.2, -0.15) is 9.97 Å². The molecular weight excluding hydrogens is 1270 g/mol. The Morgan fingerprint density at radius 3 is 0.861 bits per heavy atom. The molecule has 3 aromatic heterocycles. The summed E-state index contributed by atoms with van der Waals surface area (Å²) in [5, 5.41) is 19.9. The first-order valence-corrected chi connectivity index (χ1v) is 40.7. The van der Waals surface area contributed by atoms with Crippen molar-refractivity contribution < 1.29 is 0 Å². The average Bonchev–Trinajstić information content (AvgIpc) is 1.70. The Labute approximate surface area is 591 Å². The van der Waals surface area contributed by atoms with Crippen LogP contribution in [0.1, 0.15) is 0 Å². The van der Waals surface area contributed by atoms with Gasteiger partial charge in [-0.05, 0) is 92.6 Å². The lowest BCUT2D eigenvalue weighted by Gasteiger charge is -2.34. The van der Waals surface area contributed by atoms with Gasteiger partial charge in [-0.3, -0.25) is 4.57 Å². The van der Waals surface area contributed by atoms with E-state index in [1.807, 2.05) is 0 Å². The molecule has 0 N–H and O–H groups in total. The van der Waals surface area contributed by atoms with Crippen molar-refractivity contribution in [2.24, 2.45) is 0 Å². The maximum absolute atomic E-state index is 5.87. The van der Waals surface area contributed by atoms with Crippen LogP contribution >= 0.6 is 0 Å². The molecule has 101 heavy (non-hydrogen) atoms. The van der Waals surface area contributed by atoms with Gasteiger partial charge in [-0.1, -0.05) is 376 Å². The van der Waals surface area contributed by atoms with Crippen LogP contribution in [0.3, 0.4) is 0 Å². The summed E-state index contributed by atoms with van der Waals surface area (Å²) in [5.41, 5.74) is 7.08. The van der Waals surface area contributed by atoms with E-state index in [-0.39, 0.29) is 0 Å². The summed E-state index contributed by atoms with van der Waals surface area (Å²) in [7, 11) is -8.99. The number of benzene rings is 15. The third-order valence-corrected chi connectivity index (χ3v) is 35.1. The summed E-state index contributed by atoms with van der Waals surface area (Å²) in [6, 6.07) is 150. The minimum Gasteiger partial charge on any atom is -0.309 e. The summed E-state index contributed by atoms with van der Waals surface area (Å²) >= 11 is 0. The Morgan fingerprint density at radius 1 is 0.198 bits per heavy atom. The number of hydrogen-bond acceptors (Lipinski definition) is 3. The van der Waals surface area contributed by atoms with E-state index in [9.17, 15) is 0 Å². The van der Waals surface area contributed by atoms with Crippen LogP contribution in [0.15, 0.2) is 406 Å². The topological polar surface area (TPSA) is 48.5 Å². The molecule has 0 amide bonds. The monoisotopic (exact) mass is 1340 g/mol. The van der Waals surface area contributed by atoms with Crippen LogP contribution in [0.25, 0.3) is 78.0 Å². The fourth-order valence-corrected chi connectivity index (χ4v) is 31.0. The van der Waals surface area contributed by atoms with E-state index in [1.165, 1.54) is 62.2 Å². The van der Waals surface area contributed by atoms with Crippen LogP contribution in [0.2, 0.25) is 0 Å². The average molecular weight is 1340 g/mol. The fourth-order valence-electron chi connectivity index (χ4n) is 16.6. The zero-order chi connectivity index (χ0) is 67.2. The normalized spacial score (nSPS) is 12.0. The van der Waals surface area contributed by atoms with Gasteiger partial charge in [0.25, 0.3) is 0 Å². The highest BCUT2D eigenvalue weighted by Gasteiger charge is 2.45. The van der Waals surface area contributed by atoms with Gasteiger partial charge < -0.3 is 4.57 Å². The SMILES string of the molecule is c1ccc([Si](c2ccccc2)(c2ccccc2)c2cccc(-c3nc(-c4cccc([Si](c5ccccc5)(c5ccccc5)c5ccccc5)c4)nc(-n4c5ccccc5c5ccc6c(c7ccccc7n6-c6cccc([Si](c7ccccc7)(c7ccccc7)c7ccccc7)c6)c54)n3)c2)cc1. The van der Waals surface area contributed by atoms with Crippen LogP contribution in [-0.2, 0) is 0 Å². The predicted octanol–water partition coefficient (Wildman–Crippen LogP) is 13.5. The van der Waals surface area contributed by atoms with Gasteiger partial charge in [-0.15, -0.1) is 0 Å². The van der Waals surface area contributed by atoms with Crippen molar-refractivity contribution in [2.75, 3.05) is 0 Å². The summed E-state index contributed by atoms with van der Waals surface area (Å²) in [5.74, 6) is 1.68. The molecule has 0 saturated heterocycles. The van der Waals surface area contributed by atoms with Crippen molar-refractivity contribution in [3.63, 3.8) is 0 Å². The highest BCUT2D eigenvalue weighted by atomic mass is 28.3. The largest absolute Gasteiger partial charge is 0.309 e. The highest BCUT2D eigenvalue weighted by molar-refractivity contribution is 7.21. The lowest BCUT2D eigenvalue weighted by molar-refractivity contribution is 0.955. The third kappa shape index (κ3) is 10.0. The third-order valence-electron chi connectivity index (χ3n) is 20.8. The molecule has 0 saturated carbocycles. The zero-order valence-corrected chi connectivity index (χ0v) is 58.4. The summed E-state index contributed by atoms with van der Waals surface area (Å²) in [4.78, 5) is 17.5. The van der Waals surface area contributed by atoms with Crippen molar-refractivity contribution in [1.29, 1.82) is 0 Å². The molecule has 8 heteroatoms. The van der Waals surface area contributed by atoms with E-state index in [2.05, 4.69) is 416 Å². The number of para-hydroxylation sites is 2. The van der Waals surface area contributed by atoms with Crippen LogP contribution < -0.4 is 62.2 Å². The molecule has 0 spiro atoms. The molecule has 476 valence electrons. The van der Waals surface area contributed by atoms with Gasteiger partial charge in [0.15, 0.2) is 35.9 Å². The maximum Gasteiger partial charge on any atom is 0.238 e. The van der Waals surface area contributed by atoms with Gasteiger partial charge in [0.1, 0.15) is 0 Å². The molecule has 3 heterocycles. The minimum absolute atomic E-state index is 0.526. The number of hydrogen-bond donors (Lipinski definition) is 0. The first-order chi connectivity index (χ1) is 50.1. The Bertz CT molecular complexity index is 5520. The van der Waals surface area contributed by atoms with E-state index in [0.29, 0.717) is 17.6 Å². The Kier molecular flexibility index (Phi) is 15.5. The fraction of sp³-hybridized carbons (Fsp3) is 0. The van der Waals surface area contributed by atoms with Crippen molar-refractivity contribution in [1.82, 2.24) is 24.1 Å². The number of fused-ring (bicyclic) bond motifs is 7. The molecule has 18 aromatic rings. The molecule has 0 atom stereocenters. The lowest BCUT2D eigenvalue weighted by Crippen LogP contribution is -2.74. The highest BCUT2D eigenvalue weighted by Crippen LogP contribution is 2.42. The van der Waals surface area contributed by atoms with Crippen molar-refractivity contribution >= 4 is 130 Å². The van der Waals surface area contributed by atoms with E-state index in [1.54, 1.807) is 0 Å². The second-order valence-corrected chi connectivity index (χ2v) is 37.5.